The van der Waals surface area contributed by atoms with Gasteiger partial charge in [-0.3, -0.25) is 14.7 Å². The normalized spacial score (nSPS) is 17.9. The number of rotatable bonds is 5. The molecule has 0 bridgehead atoms. The largest absolute Gasteiger partial charge is 0.465 e. The molecule has 8 nitrogen and oxygen atoms in total. The monoisotopic (exact) mass is 525 g/mol. The Balaban J connectivity index is 1.82. The van der Waals surface area contributed by atoms with E-state index in [4.69, 9.17) is 9.47 Å². The van der Waals surface area contributed by atoms with Gasteiger partial charge in [0.05, 0.1) is 36.9 Å². The first kappa shape index (κ1) is 27.9. The first-order chi connectivity index (χ1) is 17.2. The summed E-state index contributed by atoms with van der Waals surface area (Å²) in [6.45, 7) is 4.73. The van der Waals surface area contributed by atoms with E-state index in [1.807, 2.05) is 0 Å². The molecule has 2 aromatic rings. The highest BCUT2D eigenvalue weighted by molar-refractivity contribution is 5.93. The number of aromatic nitrogens is 1. The number of halogens is 4. The van der Waals surface area contributed by atoms with Gasteiger partial charge in [-0.1, -0.05) is 12.1 Å². The van der Waals surface area contributed by atoms with Crippen molar-refractivity contribution < 1.29 is 41.4 Å². The highest BCUT2D eigenvalue weighted by Gasteiger charge is 2.38. The van der Waals surface area contributed by atoms with Gasteiger partial charge in [0.2, 0.25) is 5.91 Å². The molecule has 3 rings (SSSR count). The number of ether oxygens (including phenoxy) is 2. The number of nitrogens with one attached hydrogen (secondary N) is 1. The van der Waals surface area contributed by atoms with Crippen molar-refractivity contribution in [2.24, 2.45) is 0 Å². The van der Waals surface area contributed by atoms with Crippen molar-refractivity contribution in [1.82, 2.24) is 15.2 Å². The van der Waals surface area contributed by atoms with Crippen LogP contribution < -0.4 is 5.32 Å². The molecule has 0 aliphatic carbocycles. The van der Waals surface area contributed by atoms with Crippen LogP contribution in [0, 0.1) is 0 Å². The smallest absolute Gasteiger partial charge is 0.416 e. The van der Waals surface area contributed by atoms with E-state index in [-0.39, 0.29) is 36.2 Å². The zero-order valence-electron chi connectivity index (χ0n) is 20.7. The van der Waals surface area contributed by atoms with E-state index in [0.717, 1.165) is 24.1 Å². The molecule has 0 unspecified atom stereocenters. The summed E-state index contributed by atoms with van der Waals surface area (Å²) in [7, 11) is 1.15. The summed E-state index contributed by atoms with van der Waals surface area (Å²) in [5.74, 6) is -1.39. The van der Waals surface area contributed by atoms with Crippen LogP contribution in [-0.4, -0.2) is 59.4 Å². The van der Waals surface area contributed by atoms with Crippen LogP contribution in [0.25, 0.3) is 11.3 Å². The van der Waals surface area contributed by atoms with E-state index in [9.17, 15) is 31.9 Å². The van der Waals surface area contributed by atoms with Crippen molar-refractivity contribution in [3.8, 4) is 11.3 Å². The zero-order valence-corrected chi connectivity index (χ0v) is 20.7. The zero-order chi connectivity index (χ0) is 27.5. The van der Waals surface area contributed by atoms with Gasteiger partial charge >= 0.3 is 18.2 Å². The number of alkyl halides is 4. The van der Waals surface area contributed by atoms with Gasteiger partial charge in [0.25, 0.3) is 0 Å². The van der Waals surface area contributed by atoms with Gasteiger partial charge in [-0.15, -0.1) is 0 Å². The Morgan fingerprint density at radius 3 is 2.35 bits per heavy atom. The molecule has 1 saturated heterocycles. The summed E-state index contributed by atoms with van der Waals surface area (Å²) in [6, 6.07) is 5.65. The summed E-state index contributed by atoms with van der Waals surface area (Å²) < 4.78 is 62.8. The number of likely N-dealkylation sites (tertiary alicyclic amines) is 1. The van der Waals surface area contributed by atoms with E-state index in [2.05, 4.69) is 10.3 Å². The summed E-state index contributed by atoms with van der Waals surface area (Å²) in [6.07, 6.45) is -6.94. The van der Waals surface area contributed by atoms with Gasteiger partial charge in [0.15, 0.2) is 0 Å². The van der Waals surface area contributed by atoms with Crippen LogP contribution in [0.4, 0.5) is 22.4 Å². The number of carbonyl (C=O) groups is 3. The highest BCUT2D eigenvalue weighted by atomic mass is 19.4. The maximum absolute atomic E-state index is 14.1. The first-order valence-corrected chi connectivity index (χ1v) is 11.4. The third-order valence-corrected chi connectivity index (χ3v) is 5.46. The molecule has 2 atom stereocenters. The quantitative estimate of drug-likeness (QED) is 0.456. The molecule has 1 aliphatic heterocycles. The Hall–Kier alpha value is -3.70. The third kappa shape index (κ3) is 7.17. The minimum Gasteiger partial charge on any atom is -0.465 e. The molecule has 0 radical (unpaired) electrons. The fourth-order valence-corrected chi connectivity index (χ4v) is 3.78. The lowest BCUT2D eigenvalue weighted by atomic mass is 10.0. The Labute approximate surface area is 210 Å². The summed E-state index contributed by atoms with van der Waals surface area (Å²) >= 11 is 0. The fourth-order valence-electron chi connectivity index (χ4n) is 3.78. The van der Waals surface area contributed by atoms with Crippen LogP contribution in [0.2, 0.25) is 0 Å². The maximum Gasteiger partial charge on any atom is 0.416 e. The van der Waals surface area contributed by atoms with Gasteiger partial charge < -0.3 is 14.8 Å². The molecule has 1 fully saturated rings. The van der Waals surface area contributed by atoms with Crippen LogP contribution in [0.1, 0.15) is 48.7 Å². The topological polar surface area (TPSA) is 97.8 Å². The number of pyridine rings is 1. The molecule has 200 valence electrons. The van der Waals surface area contributed by atoms with E-state index >= 15 is 0 Å². The lowest BCUT2D eigenvalue weighted by Crippen LogP contribution is -2.49. The van der Waals surface area contributed by atoms with E-state index in [1.165, 1.54) is 24.4 Å². The lowest BCUT2D eigenvalue weighted by molar-refractivity contribution is -0.137. The molecule has 1 aliphatic rings. The van der Waals surface area contributed by atoms with E-state index in [0.29, 0.717) is 5.56 Å². The van der Waals surface area contributed by atoms with Crippen LogP contribution >= 0.6 is 0 Å². The van der Waals surface area contributed by atoms with Crippen molar-refractivity contribution >= 4 is 18.0 Å². The second-order valence-corrected chi connectivity index (χ2v) is 9.52. The Kier molecular flexibility index (Phi) is 8.09. The van der Waals surface area contributed by atoms with Crippen LogP contribution in [-0.2, 0) is 26.9 Å². The number of hydrogen-bond acceptors (Lipinski definition) is 6. The van der Waals surface area contributed by atoms with E-state index < -0.39 is 47.6 Å². The highest BCUT2D eigenvalue weighted by Crippen LogP contribution is 2.31. The van der Waals surface area contributed by atoms with E-state index in [1.54, 1.807) is 20.8 Å². The molecule has 1 aromatic heterocycles. The number of esters is 1. The number of nitrogens with zero attached hydrogens (tertiary/aromatic N) is 2. The molecule has 0 saturated carbocycles. The molecular weight excluding hydrogens is 498 g/mol. The van der Waals surface area contributed by atoms with Crippen molar-refractivity contribution in [2.75, 3.05) is 13.7 Å². The Bertz CT molecular complexity index is 1160. The average molecular weight is 525 g/mol. The van der Waals surface area contributed by atoms with Gasteiger partial charge in [-0.2, -0.15) is 13.2 Å². The third-order valence-electron chi connectivity index (χ3n) is 5.46. The summed E-state index contributed by atoms with van der Waals surface area (Å²) in [5.41, 5.74) is -0.928. The van der Waals surface area contributed by atoms with Crippen LogP contribution in [0.5, 0.6) is 0 Å². The van der Waals surface area contributed by atoms with Crippen LogP contribution in [0.15, 0.2) is 36.5 Å². The fraction of sp³-hybridized carbons (Fsp3) is 0.440. The molecule has 2 amide bonds. The van der Waals surface area contributed by atoms with Crippen molar-refractivity contribution in [3.05, 3.63) is 53.2 Å². The molecule has 0 spiro atoms. The van der Waals surface area contributed by atoms with Gasteiger partial charge in [-0.05, 0) is 44.5 Å². The van der Waals surface area contributed by atoms with Crippen molar-refractivity contribution in [1.29, 1.82) is 0 Å². The summed E-state index contributed by atoms with van der Waals surface area (Å²) in [5, 5.41) is 2.59. The average Bonchev–Trinajstić information content (AvgIpc) is 3.16. The SMILES string of the molecule is COC(=O)c1cnc(-c2ccc(C(F)(F)F)cc2)cc1CC(=O)N[C@@H]1C[C@@H](F)CN1C(=O)OC(C)(C)C. The minimum absolute atomic E-state index is 0.0212. The number of amides is 2. The minimum atomic E-state index is -4.50. The number of methoxy groups -OCH3 is 1. The Morgan fingerprint density at radius 2 is 1.78 bits per heavy atom. The van der Waals surface area contributed by atoms with Gasteiger partial charge in [-0.25, -0.2) is 14.0 Å². The second-order valence-electron chi connectivity index (χ2n) is 9.52. The van der Waals surface area contributed by atoms with Crippen molar-refractivity contribution in [2.45, 2.75) is 57.7 Å². The van der Waals surface area contributed by atoms with Gasteiger partial charge in [0.1, 0.15) is 17.9 Å². The lowest BCUT2D eigenvalue weighted by Gasteiger charge is -2.28. The first-order valence-electron chi connectivity index (χ1n) is 11.4. The molecule has 37 heavy (non-hydrogen) atoms. The summed E-state index contributed by atoms with van der Waals surface area (Å²) in [4.78, 5) is 42.8. The maximum atomic E-state index is 14.1. The number of benzene rings is 1. The second kappa shape index (κ2) is 10.7. The Morgan fingerprint density at radius 1 is 1.14 bits per heavy atom. The molecule has 1 N–H and O–H groups in total. The predicted molar refractivity (Wildman–Crippen MR) is 124 cm³/mol. The van der Waals surface area contributed by atoms with Crippen molar-refractivity contribution in [3.63, 3.8) is 0 Å². The molecule has 2 heterocycles. The molecule has 12 heteroatoms. The number of hydrogen-bond donors (Lipinski definition) is 1. The molecule has 1 aromatic carbocycles. The number of carbonyl (C=O) groups excluding carboxylic acids is 3. The van der Waals surface area contributed by atoms with Crippen LogP contribution in [0.3, 0.4) is 0 Å². The van der Waals surface area contributed by atoms with Gasteiger partial charge in [0, 0.05) is 18.2 Å². The predicted octanol–water partition coefficient (Wildman–Crippen LogP) is 4.52. The standard InChI is InChI=1S/C25H27F4N3O5/c1-24(2,3)37-23(35)32-13-17(26)11-20(32)31-21(33)10-15-9-19(30-12-18(15)22(34)36-4)14-5-7-16(8-6-14)25(27,28)29/h5-9,12,17,20H,10-11,13H2,1-4H3,(H,31,33)/t17-,20+/m1/s1. The molecular formula is C25H27F4N3O5.